The first-order valence-corrected chi connectivity index (χ1v) is 5.89. The van der Waals surface area contributed by atoms with Crippen LogP contribution in [0.15, 0.2) is 23.4 Å². The second-order valence-electron chi connectivity index (χ2n) is 4.58. The van der Waals surface area contributed by atoms with Crippen molar-refractivity contribution in [1.29, 1.82) is 0 Å². The highest BCUT2D eigenvalue weighted by atomic mass is 16.2. The number of nitrogens with zero attached hydrogens (tertiary/aromatic N) is 5. The van der Waals surface area contributed by atoms with Gasteiger partial charge >= 0.3 is 0 Å². The van der Waals surface area contributed by atoms with Gasteiger partial charge in [-0.2, -0.15) is 0 Å². The molecule has 0 aliphatic carbocycles. The van der Waals surface area contributed by atoms with E-state index in [4.69, 9.17) is 5.53 Å². The number of carbonyl (C=O) groups is 1. The van der Waals surface area contributed by atoms with Gasteiger partial charge in [0, 0.05) is 30.6 Å². The first-order valence-electron chi connectivity index (χ1n) is 5.89. The van der Waals surface area contributed by atoms with Gasteiger partial charge in [0.25, 0.3) is 0 Å². The summed E-state index contributed by atoms with van der Waals surface area (Å²) in [6.45, 7) is 3.57. The van der Waals surface area contributed by atoms with E-state index < -0.39 is 0 Å². The minimum absolute atomic E-state index is 0.108. The van der Waals surface area contributed by atoms with E-state index >= 15 is 0 Å². The molecular formula is C12H15N5O. The summed E-state index contributed by atoms with van der Waals surface area (Å²) in [5.41, 5.74) is 10.3. The van der Waals surface area contributed by atoms with Crippen LogP contribution in [0.3, 0.4) is 0 Å². The van der Waals surface area contributed by atoms with Crippen LogP contribution in [0.4, 0.5) is 0 Å². The van der Waals surface area contributed by atoms with Gasteiger partial charge in [0.15, 0.2) is 0 Å². The van der Waals surface area contributed by atoms with Crippen molar-refractivity contribution in [3.63, 3.8) is 0 Å². The highest BCUT2D eigenvalue weighted by Crippen LogP contribution is 2.20. The molecule has 2 heterocycles. The summed E-state index contributed by atoms with van der Waals surface area (Å²) in [5.74, 6) is 0.245. The molecule has 6 heteroatoms. The molecule has 1 aromatic rings. The smallest absolute Gasteiger partial charge is 0.223 e. The highest BCUT2D eigenvalue weighted by Gasteiger charge is 2.29. The fourth-order valence-electron chi connectivity index (χ4n) is 2.16. The molecule has 0 radical (unpaired) electrons. The Labute approximate surface area is 105 Å². The SMILES string of the molecule is Cc1ccnc(CN2CC(CN=[N+]=[N-])CC2=O)c1. The van der Waals surface area contributed by atoms with E-state index in [1.165, 1.54) is 0 Å². The molecule has 1 aliphatic heterocycles. The Morgan fingerprint density at radius 1 is 1.67 bits per heavy atom. The van der Waals surface area contributed by atoms with Gasteiger partial charge in [-0.3, -0.25) is 9.78 Å². The summed E-state index contributed by atoms with van der Waals surface area (Å²) >= 11 is 0. The maximum absolute atomic E-state index is 11.8. The molecule has 6 nitrogen and oxygen atoms in total. The molecule has 1 saturated heterocycles. The number of amides is 1. The van der Waals surface area contributed by atoms with E-state index in [1.54, 1.807) is 11.1 Å². The van der Waals surface area contributed by atoms with Crippen molar-refractivity contribution in [2.45, 2.75) is 19.9 Å². The molecule has 0 aromatic carbocycles. The molecule has 0 saturated carbocycles. The van der Waals surface area contributed by atoms with Crippen LogP contribution in [-0.2, 0) is 11.3 Å². The maximum atomic E-state index is 11.8. The number of hydrogen-bond donors (Lipinski definition) is 0. The van der Waals surface area contributed by atoms with E-state index in [1.807, 2.05) is 19.1 Å². The van der Waals surface area contributed by atoms with Crippen LogP contribution < -0.4 is 0 Å². The Morgan fingerprint density at radius 3 is 3.22 bits per heavy atom. The fourth-order valence-corrected chi connectivity index (χ4v) is 2.16. The zero-order valence-electron chi connectivity index (χ0n) is 10.3. The van der Waals surface area contributed by atoms with Crippen LogP contribution in [0.2, 0.25) is 0 Å². The number of azide groups is 1. The minimum Gasteiger partial charge on any atom is -0.336 e. The lowest BCUT2D eigenvalue weighted by molar-refractivity contribution is -0.128. The van der Waals surface area contributed by atoms with E-state index in [0.29, 0.717) is 26.1 Å². The molecule has 2 rings (SSSR count). The lowest BCUT2D eigenvalue weighted by atomic mass is 10.1. The quantitative estimate of drug-likeness (QED) is 0.462. The lowest BCUT2D eigenvalue weighted by Gasteiger charge is -2.15. The van der Waals surface area contributed by atoms with E-state index in [0.717, 1.165) is 11.3 Å². The summed E-state index contributed by atoms with van der Waals surface area (Å²) in [6.07, 6.45) is 2.22. The number of hydrogen-bond acceptors (Lipinski definition) is 3. The Balaban J connectivity index is 1.98. The number of aryl methyl sites for hydroxylation is 1. The standard InChI is InChI=1S/C12H15N5O/c1-9-2-3-14-11(4-9)8-17-7-10(5-12(17)18)6-15-16-13/h2-4,10H,5-8H2,1H3. The molecule has 1 amide bonds. The monoisotopic (exact) mass is 245 g/mol. The van der Waals surface area contributed by atoms with Gasteiger partial charge in [0.05, 0.1) is 12.2 Å². The van der Waals surface area contributed by atoms with Crippen LogP contribution in [0.5, 0.6) is 0 Å². The van der Waals surface area contributed by atoms with Gasteiger partial charge < -0.3 is 4.90 Å². The zero-order chi connectivity index (χ0) is 13.0. The first kappa shape index (κ1) is 12.4. The second kappa shape index (κ2) is 5.51. The Morgan fingerprint density at radius 2 is 2.50 bits per heavy atom. The van der Waals surface area contributed by atoms with E-state index in [-0.39, 0.29) is 11.8 Å². The lowest BCUT2D eigenvalue weighted by Crippen LogP contribution is -2.25. The van der Waals surface area contributed by atoms with Crippen molar-refractivity contribution in [3.05, 3.63) is 40.0 Å². The van der Waals surface area contributed by atoms with Crippen molar-refractivity contribution >= 4 is 5.91 Å². The molecule has 94 valence electrons. The van der Waals surface area contributed by atoms with Gasteiger partial charge in [-0.1, -0.05) is 5.11 Å². The van der Waals surface area contributed by atoms with Crippen LogP contribution in [0, 0.1) is 12.8 Å². The van der Waals surface area contributed by atoms with Crippen molar-refractivity contribution < 1.29 is 4.79 Å². The molecule has 0 spiro atoms. The molecule has 1 aromatic heterocycles. The normalized spacial score (nSPS) is 18.8. The summed E-state index contributed by atoms with van der Waals surface area (Å²) in [5, 5.41) is 3.53. The van der Waals surface area contributed by atoms with Crippen molar-refractivity contribution in [1.82, 2.24) is 9.88 Å². The molecule has 1 atom stereocenters. The molecule has 1 unspecified atom stereocenters. The van der Waals surface area contributed by atoms with Gasteiger partial charge in [-0.15, -0.1) is 0 Å². The molecule has 0 bridgehead atoms. The number of rotatable bonds is 4. The molecule has 1 fully saturated rings. The van der Waals surface area contributed by atoms with Crippen molar-refractivity contribution in [3.8, 4) is 0 Å². The third-order valence-electron chi connectivity index (χ3n) is 3.02. The third kappa shape index (κ3) is 2.99. The largest absolute Gasteiger partial charge is 0.336 e. The van der Waals surface area contributed by atoms with E-state index in [9.17, 15) is 4.79 Å². The van der Waals surface area contributed by atoms with Gasteiger partial charge in [-0.05, 0) is 36.1 Å². The Bertz CT molecular complexity index is 495. The van der Waals surface area contributed by atoms with Crippen molar-refractivity contribution in [2.24, 2.45) is 11.0 Å². The highest BCUT2D eigenvalue weighted by molar-refractivity contribution is 5.78. The predicted molar refractivity (Wildman–Crippen MR) is 66.5 cm³/mol. The molecular weight excluding hydrogens is 230 g/mol. The summed E-state index contributed by atoms with van der Waals surface area (Å²) < 4.78 is 0. The van der Waals surface area contributed by atoms with Gasteiger partial charge in [0.2, 0.25) is 5.91 Å². The van der Waals surface area contributed by atoms with Gasteiger partial charge in [0.1, 0.15) is 0 Å². The number of likely N-dealkylation sites (tertiary alicyclic amines) is 1. The van der Waals surface area contributed by atoms with Crippen LogP contribution >= 0.6 is 0 Å². The number of aromatic nitrogens is 1. The third-order valence-corrected chi connectivity index (χ3v) is 3.02. The van der Waals surface area contributed by atoms with Gasteiger partial charge in [-0.25, -0.2) is 0 Å². The first-order chi connectivity index (χ1) is 8.69. The Kier molecular flexibility index (Phi) is 3.79. The minimum atomic E-state index is 0.108. The van der Waals surface area contributed by atoms with Crippen LogP contribution in [-0.4, -0.2) is 28.9 Å². The predicted octanol–water partition coefficient (Wildman–Crippen LogP) is 2.05. The second-order valence-corrected chi connectivity index (χ2v) is 4.58. The summed E-state index contributed by atoms with van der Waals surface area (Å²) in [4.78, 5) is 20.6. The molecule has 0 N–H and O–H groups in total. The fraction of sp³-hybridized carbons (Fsp3) is 0.500. The maximum Gasteiger partial charge on any atom is 0.223 e. The molecule has 18 heavy (non-hydrogen) atoms. The average molecular weight is 245 g/mol. The Hall–Kier alpha value is -2.07. The van der Waals surface area contributed by atoms with E-state index in [2.05, 4.69) is 15.0 Å². The molecule has 1 aliphatic rings. The van der Waals surface area contributed by atoms with Crippen molar-refractivity contribution in [2.75, 3.05) is 13.1 Å². The zero-order valence-corrected chi connectivity index (χ0v) is 10.3. The topological polar surface area (TPSA) is 82.0 Å². The summed E-state index contributed by atoms with van der Waals surface area (Å²) in [6, 6.07) is 3.91. The number of carbonyl (C=O) groups excluding carboxylic acids is 1. The number of pyridine rings is 1. The summed E-state index contributed by atoms with van der Waals surface area (Å²) in [7, 11) is 0. The average Bonchev–Trinajstić information content (AvgIpc) is 2.68. The van der Waals surface area contributed by atoms with Crippen LogP contribution in [0.25, 0.3) is 10.4 Å². The van der Waals surface area contributed by atoms with Crippen LogP contribution in [0.1, 0.15) is 17.7 Å².